The quantitative estimate of drug-likeness (QED) is 0.491. The Balaban J connectivity index is 1.87. The second-order valence-electron chi connectivity index (χ2n) is 7.67. The van der Waals surface area contributed by atoms with Crippen molar-refractivity contribution in [3.63, 3.8) is 0 Å². The summed E-state index contributed by atoms with van der Waals surface area (Å²) in [5, 5.41) is 10.9. The predicted molar refractivity (Wildman–Crippen MR) is 123 cm³/mol. The van der Waals surface area contributed by atoms with Crippen LogP contribution in [0.25, 0.3) is 11.1 Å². The molecule has 5 nitrogen and oxygen atoms in total. The summed E-state index contributed by atoms with van der Waals surface area (Å²) in [7, 11) is 5.32. The molecule has 0 saturated heterocycles. The Kier molecular flexibility index (Phi) is 6.63. The second-order valence-corrected chi connectivity index (χ2v) is 8.64. The highest BCUT2D eigenvalue weighted by molar-refractivity contribution is 7.98. The number of likely N-dealkylation sites (N-methyl/N-ethyl adjacent to an activating group) is 1. The summed E-state index contributed by atoms with van der Waals surface area (Å²) in [4.78, 5) is 7.13. The van der Waals surface area contributed by atoms with E-state index in [0.29, 0.717) is 34.4 Å². The molecule has 0 N–H and O–H groups in total. The minimum atomic E-state index is -0.264. The summed E-state index contributed by atoms with van der Waals surface area (Å²) >= 11 is 1.49. The Bertz CT molecular complexity index is 1180. The molecule has 2 aromatic carbocycles. The normalized spacial score (nSPS) is 13.3. The van der Waals surface area contributed by atoms with Crippen molar-refractivity contribution in [3.8, 4) is 28.7 Å². The molecule has 0 amide bonds. The summed E-state index contributed by atoms with van der Waals surface area (Å²) in [5.74, 6) is 1.70. The minimum Gasteiger partial charge on any atom is -0.497 e. The maximum Gasteiger partial charge on any atom is 0.127 e. The Labute approximate surface area is 191 Å². The number of aromatic nitrogens is 1. The summed E-state index contributed by atoms with van der Waals surface area (Å²) in [6.07, 6.45) is 0.806. The molecule has 0 aliphatic carbocycles. The number of nitriles is 1. The van der Waals surface area contributed by atoms with E-state index < -0.39 is 0 Å². The van der Waals surface area contributed by atoms with Gasteiger partial charge in [-0.05, 0) is 48.5 Å². The number of ether oxygens (including phenoxy) is 2. The maximum atomic E-state index is 13.3. The van der Waals surface area contributed by atoms with Gasteiger partial charge in [-0.25, -0.2) is 9.37 Å². The number of pyridine rings is 1. The molecule has 2 heterocycles. The summed E-state index contributed by atoms with van der Waals surface area (Å²) in [6, 6.07) is 14.4. The molecule has 32 heavy (non-hydrogen) atoms. The van der Waals surface area contributed by atoms with E-state index in [4.69, 9.17) is 14.5 Å². The Morgan fingerprint density at radius 3 is 2.62 bits per heavy atom. The van der Waals surface area contributed by atoms with Gasteiger partial charge < -0.3 is 14.4 Å². The molecule has 1 aromatic heterocycles. The summed E-state index contributed by atoms with van der Waals surface area (Å²) in [5.41, 5.74) is 5.22. The lowest BCUT2D eigenvalue weighted by Gasteiger charge is -2.28. The van der Waals surface area contributed by atoms with Crippen molar-refractivity contribution in [2.24, 2.45) is 0 Å². The summed E-state index contributed by atoms with van der Waals surface area (Å²) in [6.45, 7) is 1.61. The number of hydrogen-bond acceptors (Lipinski definition) is 6. The fourth-order valence-corrected chi connectivity index (χ4v) is 4.88. The van der Waals surface area contributed by atoms with Gasteiger partial charge in [0.05, 0.1) is 19.8 Å². The molecule has 0 saturated carbocycles. The van der Waals surface area contributed by atoms with Crippen molar-refractivity contribution in [2.75, 3.05) is 27.8 Å². The highest BCUT2D eigenvalue weighted by Crippen LogP contribution is 2.42. The van der Waals surface area contributed by atoms with E-state index >= 15 is 0 Å². The van der Waals surface area contributed by atoms with Crippen LogP contribution in [0.2, 0.25) is 0 Å². The average Bonchev–Trinajstić information content (AvgIpc) is 2.82. The zero-order valence-corrected chi connectivity index (χ0v) is 19.1. The molecule has 4 rings (SSSR count). The van der Waals surface area contributed by atoms with E-state index in [9.17, 15) is 9.65 Å². The van der Waals surface area contributed by atoms with Gasteiger partial charge in [0.15, 0.2) is 0 Å². The zero-order valence-electron chi connectivity index (χ0n) is 18.3. The van der Waals surface area contributed by atoms with Crippen LogP contribution in [0, 0.1) is 17.1 Å². The largest absolute Gasteiger partial charge is 0.497 e. The first-order valence-corrected chi connectivity index (χ1v) is 11.3. The number of hydrogen-bond donors (Lipinski definition) is 0. The third-order valence-electron chi connectivity index (χ3n) is 5.59. The standard InChI is InChI=1S/C25H24FN3O2S/c1-29-11-10-22-21(14-29)24(19-12-18(30-2)8-9-23(19)31-3)20(13-27)25(28-22)32-15-16-4-6-17(26)7-5-16/h4-9,12H,10-11,14-15H2,1-3H3. The molecular weight excluding hydrogens is 425 g/mol. The first kappa shape index (κ1) is 22.1. The smallest absolute Gasteiger partial charge is 0.127 e. The van der Waals surface area contributed by atoms with Crippen LogP contribution in [0.3, 0.4) is 0 Å². The van der Waals surface area contributed by atoms with Gasteiger partial charge in [-0.2, -0.15) is 5.26 Å². The van der Waals surface area contributed by atoms with E-state index in [1.54, 1.807) is 26.4 Å². The van der Waals surface area contributed by atoms with Gasteiger partial charge in [0.2, 0.25) is 0 Å². The van der Waals surface area contributed by atoms with Crippen molar-refractivity contribution in [1.82, 2.24) is 9.88 Å². The van der Waals surface area contributed by atoms with E-state index in [1.807, 2.05) is 18.2 Å². The molecule has 3 aromatic rings. The SMILES string of the molecule is COc1ccc(OC)c(-c2c(C#N)c(SCc3ccc(F)cc3)nc3c2CN(C)CC3)c1. The number of fused-ring (bicyclic) bond motifs is 1. The Morgan fingerprint density at radius 2 is 1.94 bits per heavy atom. The molecule has 0 radical (unpaired) electrons. The highest BCUT2D eigenvalue weighted by Gasteiger charge is 2.27. The van der Waals surface area contributed by atoms with Gasteiger partial charge in [0.1, 0.15) is 28.4 Å². The first-order chi connectivity index (χ1) is 15.5. The van der Waals surface area contributed by atoms with Crippen molar-refractivity contribution < 1.29 is 13.9 Å². The molecule has 7 heteroatoms. The number of nitrogens with zero attached hydrogens (tertiary/aromatic N) is 3. The van der Waals surface area contributed by atoms with Crippen LogP contribution in [0.1, 0.15) is 22.4 Å². The first-order valence-electron chi connectivity index (χ1n) is 10.3. The lowest BCUT2D eigenvalue weighted by Crippen LogP contribution is -2.28. The van der Waals surface area contributed by atoms with E-state index in [-0.39, 0.29) is 5.82 Å². The lowest BCUT2D eigenvalue weighted by molar-refractivity contribution is 0.309. The molecule has 0 atom stereocenters. The second kappa shape index (κ2) is 9.60. The van der Waals surface area contributed by atoms with Crippen LogP contribution in [-0.4, -0.2) is 37.7 Å². The fourth-order valence-electron chi connectivity index (χ4n) is 3.92. The third kappa shape index (κ3) is 4.43. The van der Waals surface area contributed by atoms with Crippen molar-refractivity contribution in [1.29, 1.82) is 5.26 Å². The van der Waals surface area contributed by atoms with Crippen molar-refractivity contribution >= 4 is 11.8 Å². The van der Waals surface area contributed by atoms with Crippen molar-refractivity contribution in [3.05, 3.63) is 70.7 Å². The van der Waals surface area contributed by atoms with Crippen molar-refractivity contribution in [2.45, 2.75) is 23.7 Å². The van der Waals surface area contributed by atoms with E-state index in [2.05, 4.69) is 18.0 Å². The predicted octanol–water partition coefficient (Wildman–Crippen LogP) is 5.06. The minimum absolute atomic E-state index is 0.264. The lowest BCUT2D eigenvalue weighted by atomic mass is 9.91. The van der Waals surface area contributed by atoms with Gasteiger partial charge in [-0.1, -0.05) is 12.1 Å². The van der Waals surface area contributed by atoms with Crippen LogP contribution in [0.5, 0.6) is 11.5 Å². The van der Waals surface area contributed by atoms with Gasteiger partial charge in [-0.3, -0.25) is 0 Å². The molecule has 0 fully saturated rings. The van der Waals surface area contributed by atoms with Crippen LogP contribution in [0.4, 0.5) is 4.39 Å². The monoisotopic (exact) mass is 449 g/mol. The topological polar surface area (TPSA) is 58.4 Å². The Hall–Kier alpha value is -3.08. The highest BCUT2D eigenvalue weighted by atomic mass is 32.2. The number of rotatable bonds is 6. The Morgan fingerprint density at radius 1 is 1.16 bits per heavy atom. The molecule has 164 valence electrons. The fraction of sp³-hybridized carbons (Fsp3) is 0.280. The zero-order chi connectivity index (χ0) is 22.7. The number of halogens is 1. The van der Waals surface area contributed by atoms with Crippen LogP contribution >= 0.6 is 11.8 Å². The molecule has 0 unspecified atom stereocenters. The number of thioether (sulfide) groups is 1. The van der Waals surface area contributed by atoms with Crippen LogP contribution < -0.4 is 9.47 Å². The van der Waals surface area contributed by atoms with Gasteiger partial charge in [-0.15, -0.1) is 11.8 Å². The van der Waals surface area contributed by atoms with E-state index in [0.717, 1.165) is 40.9 Å². The number of benzene rings is 2. The van der Waals surface area contributed by atoms with E-state index in [1.165, 1.54) is 23.9 Å². The number of methoxy groups -OCH3 is 2. The van der Waals surface area contributed by atoms with Crippen LogP contribution in [0.15, 0.2) is 47.5 Å². The molecule has 1 aliphatic rings. The molecule has 0 bridgehead atoms. The van der Waals surface area contributed by atoms with Gasteiger partial charge in [0, 0.05) is 42.1 Å². The molecule has 1 aliphatic heterocycles. The summed E-state index contributed by atoms with van der Waals surface area (Å²) < 4.78 is 24.4. The average molecular weight is 450 g/mol. The maximum absolute atomic E-state index is 13.3. The van der Waals surface area contributed by atoms with Gasteiger partial charge >= 0.3 is 0 Å². The molecular formula is C25H24FN3O2S. The van der Waals surface area contributed by atoms with Gasteiger partial charge in [0.25, 0.3) is 0 Å². The molecule has 0 spiro atoms. The van der Waals surface area contributed by atoms with Crippen LogP contribution in [-0.2, 0) is 18.7 Å². The third-order valence-corrected chi connectivity index (χ3v) is 6.63.